The lowest BCUT2D eigenvalue weighted by Crippen LogP contribution is -2.39. The largest absolute Gasteiger partial charge is 0.381 e. The van der Waals surface area contributed by atoms with Crippen LogP contribution in [0.1, 0.15) is 24.8 Å². The molecule has 0 spiro atoms. The molecule has 22 heavy (non-hydrogen) atoms. The number of nitrogens with zero attached hydrogens (tertiary/aromatic N) is 2. The zero-order valence-corrected chi connectivity index (χ0v) is 15.1. The second-order valence-electron chi connectivity index (χ2n) is 5.83. The fourth-order valence-corrected chi connectivity index (χ4v) is 2.50. The van der Waals surface area contributed by atoms with Crippen molar-refractivity contribution < 1.29 is 4.74 Å². The number of guanidine groups is 1. The van der Waals surface area contributed by atoms with Crippen LogP contribution in [-0.2, 0) is 11.3 Å². The molecule has 122 valence electrons. The lowest BCUT2D eigenvalue weighted by molar-refractivity contribution is 0.122. The Morgan fingerprint density at radius 1 is 1.36 bits per heavy atom. The summed E-state index contributed by atoms with van der Waals surface area (Å²) < 4.78 is 6.75. The summed E-state index contributed by atoms with van der Waals surface area (Å²) in [6.07, 6.45) is 3.72. The monoisotopic (exact) mass is 367 g/mol. The van der Waals surface area contributed by atoms with Gasteiger partial charge in [0.2, 0.25) is 0 Å². The SMILES string of the molecule is CN=C(NCCCOCC1CC1)N(C)Cc1ccc(Br)cc1. The Kier molecular flexibility index (Phi) is 7.19. The summed E-state index contributed by atoms with van der Waals surface area (Å²) in [6, 6.07) is 8.38. The van der Waals surface area contributed by atoms with E-state index in [0.29, 0.717) is 0 Å². The average molecular weight is 368 g/mol. The van der Waals surface area contributed by atoms with E-state index in [0.717, 1.165) is 49.1 Å². The number of ether oxygens (including phenoxy) is 1. The highest BCUT2D eigenvalue weighted by Gasteiger charge is 2.20. The Morgan fingerprint density at radius 3 is 2.73 bits per heavy atom. The van der Waals surface area contributed by atoms with Crippen LogP contribution in [0.15, 0.2) is 33.7 Å². The van der Waals surface area contributed by atoms with E-state index in [1.807, 2.05) is 7.05 Å². The molecule has 1 N–H and O–H groups in total. The van der Waals surface area contributed by atoms with E-state index < -0.39 is 0 Å². The van der Waals surface area contributed by atoms with Crippen molar-refractivity contribution in [1.29, 1.82) is 0 Å². The topological polar surface area (TPSA) is 36.9 Å². The van der Waals surface area contributed by atoms with E-state index in [9.17, 15) is 0 Å². The highest BCUT2D eigenvalue weighted by molar-refractivity contribution is 9.10. The van der Waals surface area contributed by atoms with Crippen LogP contribution in [0.4, 0.5) is 0 Å². The fourth-order valence-electron chi connectivity index (χ4n) is 2.23. The molecule has 0 atom stereocenters. The second-order valence-corrected chi connectivity index (χ2v) is 6.74. The van der Waals surface area contributed by atoms with Gasteiger partial charge in [0.1, 0.15) is 0 Å². The zero-order chi connectivity index (χ0) is 15.8. The van der Waals surface area contributed by atoms with Gasteiger partial charge in [-0.3, -0.25) is 4.99 Å². The van der Waals surface area contributed by atoms with Gasteiger partial charge in [-0.15, -0.1) is 0 Å². The van der Waals surface area contributed by atoms with Crippen molar-refractivity contribution in [3.05, 3.63) is 34.3 Å². The zero-order valence-electron chi connectivity index (χ0n) is 13.5. The van der Waals surface area contributed by atoms with Crippen molar-refractivity contribution in [3.8, 4) is 0 Å². The van der Waals surface area contributed by atoms with Crippen LogP contribution in [0.2, 0.25) is 0 Å². The summed E-state index contributed by atoms with van der Waals surface area (Å²) in [6.45, 7) is 3.50. The molecule has 1 fully saturated rings. The first-order valence-corrected chi connectivity index (χ1v) is 8.72. The summed E-state index contributed by atoms with van der Waals surface area (Å²) in [7, 11) is 3.88. The van der Waals surface area contributed by atoms with E-state index >= 15 is 0 Å². The summed E-state index contributed by atoms with van der Waals surface area (Å²) in [5.41, 5.74) is 1.27. The molecular formula is C17H26BrN3O. The molecule has 0 bridgehead atoms. The van der Waals surface area contributed by atoms with Gasteiger partial charge in [-0.05, 0) is 42.9 Å². The number of aliphatic imine (C=N–C) groups is 1. The summed E-state index contributed by atoms with van der Waals surface area (Å²) in [4.78, 5) is 6.47. The Labute approximate surface area is 142 Å². The molecule has 1 aliphatic rings. The minimum atomic E-state index is 0.830. The molecule has 1 saturated carbocycles. The maximum atomic E-state index is 5.64. The number of halogens is 1. The minimum absolute atomic E-state index is 0.830. The van der Waals surface area contributed by atoms with Gasteiger partial charge in [-0.1, -0.05) is 28.1 Å². The first kappa shape index (κ1) is 17.3. The van der Waals surface area contributed by atoms with Gasteiger partial charge >= 0.3 is 0 Å². The lowest BCUT2D eigenvalue weighted by atomic mass is 10.2. The highest BCUT2D eigenvalue weighted by Crippen LogP contribution is 2.28. The third kappa shape index (κ3) is 6.36. The van der Waals surface area contributed by atoms with E-state index in [1.54, 1.807) is 0 Å². The number of hydrogen-bond donors (Lipinski definition) is 1. The Bertz CT molecular complexity index is 471. The lowest BCUT2D eigenvalue weighted by Gasteiger charge is -2.22. The van der Waals surface area contributed by atoms with Gasteiger partial charge in [0.15, 0.2) is 5.96 Å². The third-order valence-corrected chi connectivity index (χ3v) is 4.23. The summed E-state index contributed by atoms with van der Waals surface area (Å²) in [5, 5.41) is 3.39. The van der Waals surface area contributed by atoms with Crippen molar-refractivity contribution in [2.24, 2.45) is 10.9 Å². The maximum Gasteiger partial charge on any atom is 0.193 e. The molecule has 2 rings (SSSR count). The van der Waals surface area contributed by atoms with Crippen molar-refractivity contribution in [1.82, 2.24) is 10.2 Å². The normalized spacial score (nSPS) is 15.0. The Morgan fingerprint density at radius 2 is 2.09 bits per heavy atom. The predicted molar refractivity (Wildman–Crippen MR) is 95.1 cm³/mol. The Hall–Kier alpha value is -1.07. The third-order valence-electron chi connectivity index (χ3n) is 3.71. The van der Waals surface area contributed by atoms with Gasteiger partial charge in [-0.25, -0.2) is 0 Å². The van der Waals surface area contributed by atoms with E-state index in [2.05, 4.69) is 62.5 Å². The fraction of sp³-hybridized carbons (Fsp3) is 0.588. The van der Waals surface area contributed by atoms with Crippen LogP contribution in [0.3, 0.4) is 0 Å². The van der Waals surface area contributed by atoms with Gasteiger partial charge in [0.05, 0.1) is 0 Å². The maximum absolute atomic E-state index is 5.64. The van der Waals surface area contributed by atoms with Crippen LogP contribution < -0.4 is 5.32 Å². The van der Waals surface area contributed by atoms with Crippen LogP contribution in [0.25, 0.3) is 0 Å². The Balaban J connectivity index is 1.64. The molecule has 1 aromatic rings. The van der Waals surface area contributed by atoms with E-state index in [4.69, 9.17) is 4.74 Å². The molecule has 0 heterocycles. The van der Waals surface area contributed by atoms with Crippen LogP contribution in [0.5, 0.6) is 0 Å². The molecule has 5 heteroatoms. The van der Waals surface area contributed by atoms with Gasteiger partial charge in [0.25, 0.3) is 0 Å². The number of nitrogens with one attached hydrogen (secondary N) is 1. The standard InChI is InChI=1S/C17H26BrN3O/c1-19-17(20-10-3-11-22-13-15-4-5-15)21(2)12-14-6-8-16(18)9-7-14/h6-9,15H,3-5,10-13H2,1-2H3,(H,19,20). The van der Waals surface area contributed by atoms with Crippen molar-refractivity contribution in [2.75, 3.05) is 33.9 Å². The van der Waals surface area contributed by atoms with Crippen LogP contribution in [0, 0.1) is 5.92 Å². The summed E-state index contributed by atoms with van der Waals surface area (Å²) >= 11 is 3.46. The molecule has 0 saturated heterocycles. The van der Waals surface area contributed by atoms with E-state index in [-0.39, 0.29) is 0 Å². The average Bonchev–Trinajstić information content (AvgIpc) is 3.33. The van der Waals surface area contributed by atoms with Crippen LogP contribution in [-0.4, -0.2) is 44.7 Å². The minimum Gasteiger partial charge on any atom is -0.381 e. The van der Waals surface area contributed by atoms with Crippen molar-refractivity contribution in [2.45, 2.75) is 25.8 Å². The first-order chi connectivity index (χ1) is 10.7. The van der Waals surface area contributed by atoms with E-state index in [1.165, 1.54) is 18.4 Å². The molecule has 0 radical (unpaired) electrons. The second kappa shape index (κ2) is 9.16. The van der Waals surface area contributed by atoms with Crippen molar-refractivity contribution >= 4 is 21.9 Å². The number of benzene rings is 1. The molecule has 0 unspecified atom stereocenters. The molecule has 0 aliphatic heterocycles. The van der Waals surface area contributed by atoms with Crippen molar-refractivity contribution in [3.63, 3.8) is 0 Å². The predicted octanol–water partition coefficient (Wildman–Crippen LogP) is 3.27. The van der Waals surface area contributed by atoms with Gasteiger partial charge in [-0.2, -0.15) is 0 Å². The quantitative estimate of drug-likeness (QED) is 0.435. The number of rotatable bonds is 8. The van der Waals surface area contributed by atoms with Gasteiger partial charge in [0, 0.05) is 44.9 Å². The molecule has 0 aromatic heterocycles. The molecular weight excluding hydrogens is 342 g/mol. The van der Waals surface area contributed by atoms with Gasteiger partial charge < -0.3 is 15.0 Å². The molecule has 0 amide bonds. The summed E-state index contributed by atoms with van der Waals surface area (Å²) in [5.74, 6) is 1.77. The smallest absolute Gasteiger partial charge is 0.193 e. The molecule has 1 aliphatic carbocycles. The molecule has 1 aromatic carbocycles. The molecule has 4 nitrogen and oxygen atoms in total. The highest BCUT2D eigenvalue weighted by atomic mass is 79.9. The van der Waals surface area contributed by atoms with Crippen LogP contribution >= 0.6 is 15.9 Å². The first-order valence-electron chi connectivity index (χ1n) is 7.93. The number of hydrogen-bond acceptors (Lipinski definition) is 2.